The quantitative estimate of drug-likeness (QED) is 0.0613. The normalized spacial score (nSPS) is 13.6. The van der Waals surface area contributed by atoms with Crippen LogP contribution in [-0.2, 0) is 32.0 Å². The van der Waals surface area contributed by atoms with Crippen molar-refractivity contribution >= 4 is 29.7 Å². The Morgan fingerprint density at radius 1 is 0.780 bits per heavy atom. The number of hydrogen-bond donors (Lipinski definition) is 9. The minimum atomic E-state index is -1.59. The van der Waals surface area contributed by atoms with Gasteiger partial charge in [-0.25, -0.2) is 4.79 Å². The highest BCUT2D eigenvalue weighted by Gasteiger charge is 2.30. The van der Waals surface area contributed by atoms with Crippen molar-refractivity contribution < 1.29 is 34.5 Å². The van der Waals surface area contributed by atoms with Gasteiger partial charge in [0, 0.05) is 13.0 Å². The van der Waals surface area contributed by atoms with E-state index in [2.05, 4.69) is 20.9 Å². The molecule has 0 fully saturated rings. The summed E-state index contributed by atoms with van der Waals surface area (Å²) in [6.45, 7) is -0.735. The van der Waals surface area contributed by atoms with Crippen LogP contribution in [0.4, 0.5) is 0 Å². The molecule has 12 N–H and O–H groups in total. The maximum atomic E-state index is 13.4. The van der Waals surface area contributed by atoms with Crippen molar-refractivity contribution in [1.82, 2.24) is 16.0 Å². The first-order chi connectivity index (χ1) is 19.5. The SMILES string of the molecule is NC(N)=NCCCC(NC(=O)C(Cc1ccc(O)cc1)NC(=O)C(N)Cc1ccccc1)C(=O)NC(CO)C(=O)O. The fourth-order valence-corrected chi connectivity index (χ4v) is 3.82. The second-order valence-electron chi connectivity index (χ2n) is 9.32. The van der Waals surface area contributed by atoms with Crippen molar-refractivity contribution in [1.29, 1.82) is 0 Å². The molecule has 0 saturated carbocycles. The maximum absolute atomic E-state index is 13.4. The number of phenols is 1. The topological polar surface area (TPSA) is 255 Å². The number of carboxylic acids is 1. The van der Waals surface area contributed by atoms with Gasteiger partial charge in [-0.3, -0.25) is 19.4 Å². The zero-order chi connectivity index (χ0) is 30.4. The van der Waals surface area contributed by atoms with E-state index < -0.39 is 54.5 Å². The molecule has 2 aromatic carbocycles. The van der Waals surface area contributed by atoms with E-state index in [0.29, 0.717) is 5.56 Å². The smallest absolute Gasteiger partial charge is 0.328 e. The highest BCUT2D eigenvalue weighted by molar-refractivity contribution is 5.94. The van der Waals surface area contributed by atoms with Crippen LogP contribution < -0.4 is 33.2 Å². The molecular formula is C27H37N7O7. The maximum Gasteiger partial charge on any atom is 0.328 e. The molecule has 0 radical (unpaired) electrons. The van der Waals surface area contributed by atoms with Crippen LogP contribution >= 0.6 is 0 Å². The van der Waals surface area contributed by atoms with E-state index in [1.165, 1.54) is 12.1 Å². The molecule has 0 aliphatic rings. The van der Waals surface area contributed by atoms with Crippen LogP contribution in [0.2, 0.25) is 0 Å². The molecule has 2 rings (SSSR count). The number of nitrogens with two attached hydrogens (primary N) is 3. The number of carboxylic acid groups (broad SMARTS) is 1. The highest BCUT2D eigenvalue weighted by Crippen LogP contribution is 2.12. The zero-order valence-electron chi connectivity index (χ0n) is 22.4. The molecular weight excluding hydrogens is 534 g/mol. The average molecular weight is 572 g/mol. The molecule has 0 aliphatic carbocycles. The van der Waals surface area contributed by atoms with E-state index in [4.69, 9.17) is 17.2 Å². The predicted octanol–water partition coefficient (Wildman–Crippen LogP) is -1.91. The van der Waals surface area contributed by atoms with Crippen molar-refractivity contribution in [3.05, 3.63) is 65.7 Å². The first-order valence-corrected chi connectivity index (χ1v) is 12.9. The van der Waals surface area contributed by atoms with Gasteiger partial charge in [0.1, 0.15) is 23.9 Å². The summed E-state index contributed by atoms with van der Waals surface area (Å²) >= 11 is 0. The van der Waals surface area contributed by atoms with Crippen molar-refractivity contribution in [3.8, 4) is 5.75 Å². The van der Waals surface area contributed by atoms with Gasteiger partial charge in [-0.2, -0.15) is 0 Å². The predicted molar refractivity (Wildman–Crippen MR) is 150 cm³/mol. The van der Waals surface area contributed by atoms with E-state index >= 15 is 0 Å². The Hall–Kier alpha value is -4.69. The Morgan fingerprint density at radius 2 is 1.34 bits per heavy atom. The van der Waals surface area contributed by atoms with Crippen LogP contribution in [0.3, 0.4) is 0 Å². The number of phenolic OH excluding ortho intramolecular Hbond substituents is 1. The van der Waals surface area contributed by atoms with Gasteiger partial charge in [0.2, 0.25) is 17.7 Å². The van der Waals surface area contributed by atoms with Crippen LogP contribution in [0.15, 0.2) is 59.6 Å². The van der Waals surface area contributed by atoms with Gasteiger partial charge in [-0.15, -0.1) is 0 Å². The average Bonchev–Trinajstić information content (AvgIpc) is 2.93. The van der Waals surface area contributed by atoms with Crippen molar-refractivity contribution in [2.24, 2.45) is 22.2 Å². The number of carbonyl (C=O) groups excluding carboxylic acids is 3. The lowest BCUT2D eigenvalue weighted by Gasteiger charge is -2.25. The zero-order valence-corrected chi connectivity index (χ0v) is 22.4. The van der Waals surface area contributed by atoms with Gasteiger partial charge in [-0.1, -0.05) is 42.5 Å². The van der Waals surface area contributed by atoms with Crippen LogP contribution in [0.25, 0.3) is 0 Å². The van der Waals surface area contributed by atoms with E-state index in [-0.39, 0.29) is 43.9 Å². The third kappa shape index (κ3) is 11.5. The monoisotopic (exact) mass is 571 g/mol. The molecule has 0 saturated heterocycles. The number of nitrogens with one attached hydrogen (secondary N) is 3. The second-order valence-corrected chi connectivity index (χ2v) is 9.32. The number of benzene rings is 2. The van der Waals surface area contributed by atoms with Crippen molar-refractivity contribution in [2.75, 3.05) is 13.2 Å². The number of nitrogens with zero attached hydrogens (tertiary/aromatic N) is 1. The molecule has 2 aromatic rings. The molecule has 14 heteroatoms. The van der Waals surface area contributed by atoms with Crippen molar-refractivity contribution in [2.45, 2.75) is 49.9 Å². The van der Waals surface area contributed by atoms with Crippen LogP contribution in [0.1, 0.15) is 24.0 Å². The first-order valence-electron chi connectivity index (χ1n) is 12.9. The van der Waals surface area contributed by atoms with E-state index in [0.717, 1.165) is 5.56 Å². The van der Waals surface area contributed by atoms with Gasteiger partial charge < -0.3 is 48.5 Å². The van der Waals surface area contributed by atoms with Gasteiger partial charge in [0.15, 0.2) is 5.96 Å². The molecule has 0 aliphatic heterocycles. The number of hydrogen-bond acceptors (Lipinski definition) is 8. The second kappa shape index (κ2) is 16.4. The number of amides is 3. The fourth-order valence-electron chi connectivity index (χ4n) is 3.82. The molecule has 222 valence electrons. The molecule has 41 heavy (non-hydrogen) atoms. The number of aliphatic carboxylic acids is 1. The number of aromatic hydroxyl groups is 1. The molecule has 4 atom stereocenters. The third-order valence-corrected chi connectivity index (χ3v) is 6.02. The molecule has 0 bridgehead atoms. The summed E-state index contributed by atoms with van der Waals surface area (Å²) in [4.78, 5) is 54.5. The van der Waals surface area contributed by atoms with Crippen LogP contribution in [-0.4, -0.2) is 82.3 Å². The summed E-state index contributed by atoms with van der Waals surface area (Å²) in [7, 11) is 0. The lowest BCUT2D eigenvalue weighted by molar-refractivity contribution is -0.143. The lowest BCUT2D eigenvalue weighted by atomic mass is 10.0. The summed E-state index contributed by atoms with van der Waals surface area (Å²) in [5.74, 6) is -3.82. The Kier molecular flexibility index (Phi) is 13.0. The van der Waals surface area contributed by atoms with Gasteiger partial charge in [0.25, 0.3) is 0 Å². The lowest BCUT2D eigenvalue weighted by Crippen LogP contribution is -2.58. The minimum Gasteiger partial charge on any atom is -0.508 e. The molecule has 0 aromatic heterocycles. The standard InChI is InChI=1S/C27H37N7O7/c28-19(13-16-5-2-1-3-6-16)23(37)33-21(14-17-8-10-18(36)11-9-17)25(39)32-20(7-4-12-31-27(29)30)24(38)34-22(15-35)26(40)41/h1-3,5-6,8-11,19-22,35-36H,4,7,12-15,28H2,(H,32,39)(H,33,37)(H,34,38)(H,40,41)(H4,29,30,31). The Labute approximate surface area is 237 Å². The van der Waals surface area contributed by atoms with Crippen molar-refractivity contribution in [3.63, 3.8) is 0 Å². The molecule has 0 spiro atoms. The van der Waals surface area contributed by atoms with Crippen LogP contribution in [0, 0.1) is 0 Å². The molecule has 3 amide bonds. The Bertz CT molecular complexity index is 1190. The number of aliphatic imine (C=N–C) groups is 1. The molecule has 4 unspecified atom stereocenters. The number of rotatable bonds is 16. The van der Waals surface area contributed by atoms with E-state index in [1.54, 1.807) is 12.1 Å². The van der Waals surface area contributed by atoms with Gasteiger partial charge in [0.05, 0.1) is 12.6 Å². The number of carbonyl (C=O) groups is 4. The number of aliphatic hydroxyl groups excluding tert-OH is 1. The largest absolute Gasteiger partial charge is 0.508 e. The summed E-state index contributed by atoms with van der Waals surface area (Å²) in [6.07, 6.45) is 0.462. The number of aliphatic hydroxyl groups is 1. The van der Waals surface area contributed by atoms with Gasteiger partial charge in [-0.05, 0) is 42.5 Å². The van der Waals surface area contributed by atoms with E-state index in [1.807, 2.05) is 30.3 Å². The Morgan fingerprint density at radius 3 is 1.93 bits per heavy atom. The minimum absolute atomic E-state index is 0.00730. The summed E-state index contributed by atoms with van der Waals surface area (Å²) in [5.41, 5.74) is 18.2. The Balaban J connectivity index is 2.24. The summed E-state index contributed by atoms with van der Waals surface area (Å²) in [6, 6.07) is 10.1. The first kappa shape index (κ1) is 32.5. The van der Waals surface area contributed by atoms with E-state index in [9.17, 15) is 34.5 Å². The summed E-state index contributed by atoms with van der Waals surface area (Å²) in [5, 5.41) is 35.5. The van der Waals surface area contributed by atoms with Crippen LogP contribution in [0.5, 0.6) is 5.75 Å². The fraction of sp³-hybridized carbons (Fsp3) is 0.370. The molecule has 0 heterocycles. The third-order valence-electron chi connectivity index (χ3n) is 6.02. The molecule has 14 nitrogen and oxygen atoms in total. The highest BCUT2D eigenvalue weighted by atomic mass is 16.4. The summed E-state index contributed by atoms with van der Waals surface area (Å²) < 4.78 is 0. The van der Waals surface area contributed by atoms with Gasteiger partial charge >= 0.3 is 5.97 Å². The number of guanidine groups is 1.